The van der Waals surface area contributed by atoms with Gasteiger partial charge in [0, 0.05) is 26.2 Å². The number of hydrogen-bond acceptors (Lipinski definition) is 5. The molecule has 1 atom stereocenters. The van der Waals surface area contributed by atoms with Crippen LogP contribution >= 0.6 is 0 Å². The van der Waals surface area contributed by atoms with E-state index in [0.29, 0.717) is 17.9 Å². The zero-order valence-electron chi connectivity index (χ0n) is 15.1. The van der Waals surface area contributed by atoms with Crippen LogP contribution in [0.5, 0.6) is 5.75 Å². The number of aliphatic hydroxyl groups excluding tert-OH is 1. The number of ether oxygens (including phenoxy) is 1. The van der Waals surface area contributed by atoms with Gasteiger partial charge in [0.2, 0.25) is 0 Å². The van der Waals surface area contributed by atoms with Crippen LogP contribution in [0.1, 0.15) is 16.7 Å². The summed E-state index contributed by atoms with van der Waals surface area (Å²) < 4.78 is 5.38. The summed E-state index contributed by atoms with van der Waals surface area (Å²) in [6, 6.07) is 17.1. The lowest BCUT2D eigenvalue weighted by Crippen LogP contribution is -2.42. The molecular weight excluding hydrogens is 342 g/mol. The number of fused-ring (bicyclic) bond motifs is 1. The van der Waals surface area contributed by atoms with Crippen LogP contribution in [0.4, 0.5) is 0 Å². The maximum absolute atomic E-state index is 11.9. The van der Waals surface area contributed by atoms with E-state index in [4.69, 9.17) is 10.00 Å². The van der Waals surface area contributed by atoms with Gasteiger partial charge in [-0.2, -0.15) is 5.26 Å². The number of hydrogen-bond donors (Lipinski definition) is 2. The molecule has 6 nitrogen and oxygen atoms in total. The highest BCUT2D eigenvalue weighted by atomic mass is 16.5. The predicted octanol–water partition coefficient (Wildman–Crippen LogP) is 1.47. The molecule has 1 heterocycles. The number of β-amino-alcohol motifs (C(OH)–C–C–N with tert-alkyl or cyclic N) is 1. The van der Waals surface area contributed by atoms with E-state index >= 15 is 0 Å². The maximum Gasteiger partial charge on any atom is 0.258 e. The number of nitrogens with zero attached hydrogens (tertiary/aromatic N) is 2. The molecule has 27 heavy (non-hydrogen) atoms. The number of rotatable bonds is 7. The van der Waals surface area contributed by atoms with Crippen LogP contribution in [0.3, 0.4) is 0 Å². The first-order valence-electron chi connectivity index (χ1n) is 9.01. The molecule has 0 spiro atoms. The molecule has 0 fully saturated rings. The molecule has 0 aromatic heterocycles. The van der Waals surface area contributed by atoms with Gasteiger partial charge in [0.15, 0.2) is 6.61 Å². The van der Waals surface area contributed by atoms with Crippen molar-refractivity contribution in [2.24, 2.45) is 0 Å². The quantitative estimate of drug-likeness (QED) is 0.776. The molecule has 2 N–H and O–H groups in total. The summed E-state index contributed by atoms with van der Waals surface area (Å²) in [6.45, 7) is 2.20. The molecule has 6 heteroatoms. The van der Waals surface area contributed by atoms with Crippen LogP contribution in [-0.4, -0.2) is 48.3 Å². The topological polar surface area (TPSA) is 85.6 Å². The van der Waals surface area contributed by atoms with Gasteiger partial charge < -0.3 is 15.2 Å². The fourth-order valence-corrected chi connectivity index (χ4v) is 3.18. The lowest BCUT2D eigenvalue weighted by molar-refractivity contribution is -0.123. The van der Waals surface area contributed by atoms with Crippen molar-refractivity contribution in [2.75, 3.05) is 26.2 Å². The van der Waals surface area contributed by atoms with Crippen LogP contribution in [0, 0.1) is 11.3 Å². The van der Waals surface area contributed by atoms with Crippen molar-refractivity contribution in [2.45, 2.75) is 19.1 Å². The van der Waals surface area contributed by atoms with Gasteiger partial charge in [0.25, 0.3) is 5.91 Å². The molecule has 0 bridgehead atoms. The van der Waals surface area contributed by atoms with Gasteiger partial charge in [0.1, 0.15) is 11.8 Å². The Morgan fingerprint density at radius 2 is 1.96 bits per heavy atom. The molecule has 2 aromatic rings. The second-order valence-electron chi connectivity index (χ2n) is 6.61. The van der Waals surface area contributed by atoms with Gasteiger partial charge >= 0.3 is 0 Å². The van der Waals surface area contributed by atoms with E-state index in [1.807, 2.05) is 12.1 Å². The molecule has 3 rings (SSSR count). The van der Waals surface area contributed by atoms with E-state index in [-0.39, 0.29) is 19.1 Å². The third kappa shape index (κ3) is 5.30. The summed E-state index contributed by atoms with van der Waals surface area (Å²) >= 11 is 0. The summed E-state index contributed by atoms with van der Waals surface area (Å²) in [7, 11) is 0. The molecule has 1 amide bonds. The molecule has 1 unspecified atom stereocenters. The summed E-state index contributed by atoms with van der Waals surface area (Å²) in [5, 5.41) is 21.9. The highest BCUT2D eigenvalue weighted by Gasteiger charge is 2.18. The predicted molar refractivity (Wildman–Crippen MR) is 101 cm³/mol. The van der Waals surface area contributed by atoms with Crippen molar-refractivity contribution < 1.29 is 14.6 Å². The zero-order valence-corrected chi connectivity index (χ0v) is 15.1. The fourth-order valence-electron chi connectivity index (χ4n) is 3.18. The van der Waals surface area contributed by atoms with Crippen LogP contribution in [0.15, 0.2) is 48.5 Å². The van der Waals surface area contributed by atoms with Gasteiger partial charge in [0.05, 0.1) is 11.7 Å². The fraction of sp³-hybridized carbons (Fsp3) is 0.333. The van der Waals surface area contributed by atoms with Gasteiger partial charge in [-0.25, -0.2) is 0 Å². The number of carbonyl (C=O) groups excluding carboxylic acids is 1. The number of aliphatic hydroxyl groups is 1. The number of para-hydroxylation sites is 1. The number of benzene rings is 2. The second kappa shape index (κ2) is 9.17. The monoisotopic (exact) mass is 365 g/mol. The van der Waals surface area contributed by atoms with Gasteiger partial charge in [-0.15, -0.1) is 0 Å². The average Bonchev–Trinajstić information content (AvgIpc) is 2.70. The lowest BCUT2D eigenvalue weighted by Gasteiger charge is -2.30. The molecule has 0 saturated heterocycles. The number of nitriles is 1. The second-order valence-corrected chi connectivity index (χ2v) is 6.61. The number of carbonyl (C=O) groups is 1. The smallest absolute Gasteiger partial charge is 0.258 e. The van der Waals surface area contributed by atoms with E-state index in [2.05, 4.69) is 28.4 Å². The highest BCUT2D eigenvalue weighted by molar-refractivity contribution is 5.77. The van der Waals surface area contributed by atoms with Crippen molar-refractivity contribution in [3.63, 3.8) is 0 Å². The first kappa shape index (κ1) is 18.9. The van der Waals surface area contributed by atoms with E-state index in [1.54, 1.807) is 24.3 Å². The molecule has 0 saturated carbocycles. The van der Waals surface area contributed by atoms with Crippen molar-refractivity contribution >= 4 is 5.91 Å². The van der Waals surface area contributed by atoms with E-state index in [9.17, 15) is 9.90 Å². The molecule has 1 aliphatic rings. The minimum absolute atomic E-state index is 0.167. The number of amides is 1. The summed E-state index contributed by atoms with van der Waals surface area (Å²) in [5.74, 6) is 0.0495. The Balaban J connectivity index is 1.40. The normalized spacial score (nSPS) is 14.7. The van der Waals surface area contributed by atoms with E-state index in [1.165, 1.54) is 11.1 Å². The van der Waals surface area contributed by atoms with Crippen LogP contribution in [0.25, 0.3) is 0 Å². The number of nitrogens with one attached hydrogen (secondary N) is 1. The maximum atomic E-state index is 11.9. The Labute approximate surface area is 159 Å². The Morgan fingerprint density at radius 3 is 2.78 bits per heavy atom. The Bertz CT molecular complexity index is 831. The van der Waals surface area contributed by atoms with Crippen LogP contribution in [0.2, 0.25) is 0 Å². The van der Waals surface area contributed by atoms with E-state index < -0.39 is 6.10 Å². The van der Waals surface area contributed by atoms with Gasteiger partial charge in [-0.05, 0) is 29.7 Å². The van der Waals surface area contributed by atoms with Gasteiger partial charge in [-0.3, -0.25) is 9.69 Å². The molecule has 1 aliphatic heterocycles. The standard InChI is InChI=1S/C21H23N3O3/c22-11-17-6-3-4-8-20(17)27-15-21(26)23-12-19(25)14-24-10-9-16-5-1-2-7-18(16)13-24/h1-8,19,25H,9-10,12-15H2,(H,23,26). The van der Waals surface area contributed by atoms with Crippen molar-refractivity contribution in [3.05, 3.63) is 65.2 Å². The Morgan fingerprint density at radius 1 is 1.22 bits per heavy atom. The first-order valence-corrected chi connectivity index (χ1v) is 9.01. The third-order valence-electron chi connectivity index (χ3n) is 4.58. The summed E-state index contributed by atoms with van der Waals surface area (Å²) in [5.41, 5.74) is 3.05. The zero-order chi connectivity index (χ0) is 19.1. The third-order valence-corrected chi connectivity index (χ3v) is 4.58. The molecule has 0 aliphatic carbocycles. The van der Waals surface area contributed by atoms with Crippen LogP contribution in [-0.2, 0) is 17.8 Å². The molecular formula is C21H23N3O3. The molecule has 0 radical (unpaired) electrons. The summed E-state index contributed by atoms with van der Waals surface area (Å²) in [4.78, 5) is 14.1. The highest BCUT2D eigenvalue weighted by Crippen LogP contribution is 2.18. The lowest BCUT2D eigenvalue weighted by atomic mass is 10.00. The SMILES string of the molecule is N#Cc1ccccc1OCC(=O)NCC(O)CN1CCc2ccccc2C1. The average molecular weight is 365 g/mol. The van der Waals surface area contributed by atoms with Crippen molar-refractivity contribution in [3.8, 4) is 11.8 Å². The minimum Gasteiger partial charge on any atom is -0.482 e. The van der Waals surface area contributed by atoms with Crippen LogP contribution < -0.4 is 10.1 Å². The Kier molecular flexibility index (Phi) is 6.42. The van der Waals surface area contributed by atoms with Crippen molar-refractivity contribution in [1.29, 1.82) is 5.26 Å². The van der Waals surface area contributed by atoms with Crippen molar-refractivity contribution in [1.82, 2.24) is 10.2 Å². The minimum atomic E-state index is -0.648. The van der Waals surface area contributed by atoms with E-state index in [0.717, 1.165) is 19.5 Å². The first-order chi connectivity index (χ1) is 13.2. The summed E-state index contributed by atoms with van der Waals surface area (Å²) in [6.07, 6.45) is 0.326. The van der Waals surface area contributed by atoms with Gasteiger partial charge in [-0.1, -0.05) is 36.4 Å². The Hall–Kier alpha value is -2.88. The molecule has 140 valence electrons. The molecule has 2 aromatic carbocycles. The largest absolute Gasteiger partial charge is 0.482 e.